The minimum Gasteiger partial charge on any atom is -0.508 e. The van der Waals surface area contributed by atoms with Gasteiger partial charge in [-0.3, -0.25) is 0 Å². The number of phenolic OH excluding ortho intramolecular Hbond substituents is 2. The summed E-state index contributed by atoms with van der Waals surface area (Å²) in [5.74, 6) is 1.57. The Morgan fingerprint density at radius 1 is 0.840 bits per heavy atom. The number of rotatable bonds is 1. The number of fused-ring (bicyclic) bond motifs is 1. The average Bonchev–Trinajstić information content (AvgIpc) is 2.63. The van der Waals surface area contributed by atoms with Gasteiger partial charge < -0.3 is 14.9 Å². The van der Waals surface area contributed by atoms with E-state index in [1.54, 1.807) is 24.3 Å². The molecule has 0 amide bonds. The van der Waals surface area contributed by atoms with Gasteiger partial charge in [0.15, 0.2) is 0 Å². The van der Waals surface area contributed by atoms with Crippen LogP contribution in [0.25, 0.3) is 0 Å². The monoisotopic (exact) mass is 334 g/mol. The predicted molar refractivity (Wildman–Crippen MR) is 99.3 cm³/mol. The van der Waals surface area contributed by atoms with Crippen molar-refractivity contribution in [2.75, 3.05) is 6.61 Å². The van der Waals surface area contributed by atoms with Crippen LogP contribution in [0.5, 0.6) is 17.2 Å². The topological polar surface area (TPSA) is 49.7 Å². The first-order valence-electron chi connectivity index (χ1n) is 8.37. The van der Waals surface area contributed by atoms with Crippen LogP contribution in [0.4, 0.5) is 0 Å². The molecule has 0 saturated carbocycles. The van der Waals surface area contributed by atoms with Crippen LogP contribution in [0.3, 0.4) is 0 Å². The van der Waals surface area contributed by atoms with Gasteiger partial charge >= 0.3 is 0 Å². The van der Waals surface area contributed by atoms with Crippen molar-refractivity contribution in [2.24, 2.45) is 0 Å². The highest BCUT2D eigenvalue weighted by Gasteiger charge is 2.21. The molecule has 0 bridgehead atoms. The molecule has 2 N–H and O–H groups in total. The lowest BCUT2D eigenvalue weighted by molar-refractivity contribution is 0.261. The van der Waals surface area contributed by atoms with Crippen molar-refractivity contribution >= 4 is 0 Å². The second-order valence-electron chi connectivity index (χ2n) is 6.25. The Hall–Kier alpha value is -2.94. The van der Waals surface area contributed by atoms with Crippen LogP contribution in [0.15, 0.2) is 72.8 Å². The molecule has 4 rings (SSSR count). The molecule has 3 aromatic rings. The maximum Gasteiger partial charge on any atom is 0.126 e. The summed E-state index contributed by atoms with van der Waals surface area (Å²) in [4.78, 5) is 0. The number of hydrogen-bond donors (Lipinski definition) is 2. The molecule has 0 saturated heterocycles. The maximum atomic E-state index is 9.39. The van der Waals surface area contributed by atoms with Crippen molar-refractivity contribution in [1.82, 2.24) is 0 Å². The van der Waals surface area contributed by atoms with Gasteiger partial charge in [-0.2, -0.15) is 0 Å². The van der Waals surface area contributed by atoms with Crippen LogP contribution >= 0.6 is 0 Å². The van der Waals surface area contributed by atoms with Gasteiger partial charge in [-0.15, -0.1) is 0 Å². The Labute approximate surface area is 148 Å². The van der Waals surface area contributed by atoms with Crippen molar-refractivity contribution in [3.05, 3.63) is 89.5 Å². The molecule has 1 atom stereocenters. The van der Waals surface area contributed by atoms with Crippen molar-refractivity contribution < 1.29 is 14.9 Å². The third kappa shape index (κ3) is 4.54. The lowest BCUT2D eigenvalue weighted by Crippen LogP contribution is -2.18. The van der Waals surface area contributed by atoms with Gasteiger partial charge in [0.25, 0.3) is 0 Å². The lowest BCUT2D eigenvalue weighted by Gasteiger charge is -2.25. The number of hydrogen-bond acceptors (Lipinski definition) is 3. The zero-order valence-electron chi connectivity index (χ0n) is 14.2. The van der Waals surface area contributed by atoms with E-state index in [9.17, 15) is 10.2 Å². The van der Waals surface area contributed by atoms with Crippen molar-refractivity contribution in [2.45, 2.75) is 19.3 Å². The summed E-state index contributed by atoms with van der Waals surface area (Å²) in [6, 6.07) is 22.7. The largest absolute Gasteiger partial charge is 0.508 e. The number of phenols is 2. The van der Waals surface area contributed by atoms with Crippen LogP contribution in [0, 0.1) is 6.92 Å². The first kappa shape index (κ1) is 16.9. The summed E-state index contributed by atoms with van der Waals surface area (Å²) in [7, 11) is 0. The molecule has 1 aliphatic heterocycles. The molecule has 3 aromatic carbocycles. The third-order valence-electron chi connectivity index (χ3n) is 4.26. The Morgan fingerprint density at radius 2 is 1.52 bits per heavy atom. The van der Waals surface area contributed by atoms with E-state index in [1.807, 2.05) is 36.4 Å². The Kier molecular flexibility index (Phi) is 5.24. The second kappa shape index (κ2) is 7.75. The van der Waals surface area contributed by atoms with Crippen molar-refractivity contribution in [3.8, 4) is 17.2 Å². The molecule has 3 nitrogen and oxygen atoms in total. The van der Waals surface area contributed by atoms with E-state index in [4.69, 9.17) is 4.74 Å². The van der Waals surface area contributed by atoms with Gasteiger partial charge in [0.2, 0.25) is 0 Å². The molecular weight excluding hydrogens is 312 g/mol. The molecule has 0 radical (unpaired) electrons. The number of benzene rings is 3. The quantitative estimate of drug-likeness (QED) is 0.671. The molecule has 1 aliphatic rings. The summed E-state index contributed by atoms with van der Waals surface area (Å²) < 4.78 is 5.68. The van der Waals surface area contributed by atoms with Gasteiger partial charge in [-0.1, -0.05) is 54.1 Å². The summed E-state index contributed by atoms with van der Waals surface area (Å²) in [6.45, 7) is 2.68. The number of aryl methyl sites for hydroxylation is 1. The van der Waals surface area contributed by atoms with Gasteiger partial charge in [0.1, 0.15) is 17.2 Å². The van der Waals surface area contributed by atoms with Crippen LogP contribution < -0.4 is 4.74 Å². The smallest absolute Gasteiger partial charge is 0.126 e. The van der Waals surface area contributed by atoms with Gasteiger partial charge in [0.05, 0.1) is 6.61 Å². The highest BCUT2D eigenvalue weighted by molar-refractivity contribution is 5.43. The SMILES string of the molecule is Cc1ccccc1.Oc1ccc([C@H]2COc3cc(O)ccc3C2)cc1. The molecule has 0 spiro atoms. The molecule has 0 aliphatic carbocycles. The van der Waals surface area contributed by atoms with Crippen LogP contribution in [-0.2, 0) is 6.42 Å². The van der Waals surface area contributed by atoms with E-state index in [1.165, 1.54) is 5.56 Å². The fourth-order valence-electron chi connectivity index (χ4n) is 2.86. The van der Waals surface area contributed by atoms with Crippen LogP contribution in [0.1, 0.15) is 22.6 Å². The summed E-state index contributed by atoms with van der Waals surface area (Å²) >= 11 is 0. The molecular formula is C22H22O3. The molecule has 0 unspecified atom stereocenters. The zero-order chi connectivity index (χ0) is 17.6. The van der Waals surface area contributed by atoms with E-state index in [-0.39, 0.29) is 11.5 Å². The fraction of sp³-hybridized carbons (Fsp3) is 0.182. The number of ether oxygens (including phenoxy) is 1. The molecule has 1 heterocycles. The van der Waals surface area contributed by atoms with E-state index < -0.39 is 0 Å². The van der Waals surface area contributed by atoms with Gasteiger partial charge in [0, 0.05) is 12.0 Å². The molecule has 0 fully saturated rings. The maximum absolute atomic E-state index is 9.39. The van der Waals surface area contributed by atoms with Crippen LogP contribution in [-0.4, -0.2) is 16.8 Å². The van der Waals surface area contributed by atoms with E-state index >= 15 is 0 Å². The van der Waals surface area contributed by atoms with Crippen molar-refractivity contribution in [3.63, 3.8) is 0 Å². The van der Waals surface area contributed by atoms with Gasteiger partial charge in [-0.25, -0.2) is 0 Å². The molecule has 25 heavy (non-hydrogen) atoms. The molecule has 128 valence electrons. The summed E-state index contributed by atoms with van der Waals surface area (Å²) in [5, 5.41) is 18.7. The molecule has 0 aromatic heterocycles. The zero-order valence-corrected chi connectivity index (χ0v) is 14.2. The first-order chi connectivity index (χ1) is 12.1. The Bertz CT molecular complexity index is 810. The highest BCUT2D eigenvalue weighted by atomic mass is 16.5. The van der Waals surface area contributed by atoms with E-state index in [0.29, 0.717) is 12.5 Å². The minimum atomic E-state index is 0.233. The third-order valence-corrected chi connectivity index (χ3v) is 4.26. The highest BCUT2D eigenvalue weighted by Crippen LogP contribution is 2.34. The van der Waals surface area contributed by atoms with Crippen LogP contribution in [0.2, 0.25) is 0 Å². The number of aromatic hydroxyl groups is 2. The summed E-state index contributed by atoms with van der Waals surface area (Å²) in [5.41, 5.74) is 3.59. The first-order valence-corrected chi connectivity index (χ1v) is 8.37. The standard InChI is InChI=1S/C15H14O3.C7H8/c16-13-4-1-10(2-5-13)12-7-11-3-6-14(17)8-15(11)18-9-12;1-7-5-3-2-4-6-7/h1-6,8,12,16-17H,7,9H2;2-6H,1H3/t12-;/m1./s1. The Balaban J connectivity index is 0.000000219. The normalized spacial score (nSPS) is 15.3. The minimum absolute atomic E-state index is 0.233. The van der Waals surface area contributed by atoms with E-state index in [0.717, 1.165) is 23.3 Å². The van der Waals surface area contributed by atoms with Gasteiger partial charge in [-0.05, 0) is 42.7 Å². The summed E-state index contributed by atoms with van der Waals surface area (Å²) in [6.07, 6.45) is 0.889. The second-order valence-corrected chi connectivity index (χ2v) is 6.25. The fourth-order valence-corrected chi connectivity index (χ4v) is 2.86. The predicted octanol–water partition coefficient (Wildman–Crippen LogP) is 4.81. The Morgan fingerprint density at radius 3 is 2.16 bits per heavy atom. The molecule has 3 heteroatoms. The lowest BCUT2D eigenvalue weighted by atomic mass is 9.90. The average molecular weight is 334 g/mol. The van der Waals surface area contributed by atoms with Crippen molar-refractivity contribution in [1.29, 1.82) is 0 Å². The van der Waals surface area contributed by atoms with E-state index in [2.05, 4.69) is 19.1 Å².